The number of hydrogen-bond acceptors (Lipinski definition) is 4. The molecule has 29 heavy (non-hydrogen) atoms. The van der Waals surface area contributed by atoms with Crippen molar-refractivity contribution in [3.05, 3.63) is 29.8 Å². The van der Waals surface area contributed by atoms with E-state index in [0.717, 1.165) is 56.9 Å². The maximum atomic E-state index is 12.8. The molecule has 0 radical (unpaired) electrons. The zero-order valence-electron chi connectivity index (χ0n) is 17.8. The van der Waals surface area contributed by atoms with Crippen LogP contribution in [0.15, 0.2) is 24.3 Å². The van der Waals surface area contributed by atoms with E-state index in [1.54, 1.807) is 7.11 Å². The summed E-state index contributed by atoms with van der Waals surface area (Å²) in [6, 6.07) is 7.69. The Morgan fingerprint density at radius 2 is 1.90 bits per heavy atom. The van der Waals surface area contributed by atoms with Crippen LogP contribution in [-0.4, -0.2) is 67.0 Å². The van der Waals surface area contributed by atoms with Gasteiger partial charge in [-0.05, 0) is 36.5 Å². The van der Waals surface area contributed by atoms with E-state index in [0.29, 0.717) is 18.3 Å². The van der Waals surface area contributed by atoms with E-state index in [1.807, 2.05) is 29.2 Å². The number of likely N-dealkylation sites (tertiary alicyclic amines) is 2. The number of amides is 2. The number of ether oxygens (including phenoxy) is 1. The molecule has 0 unspecified atom stereocenters. The van der Waals surface area contributed by atoms with E-state index in [4.69, 9.17) is 4.74 Å². The fraction of sp³-hybridized carbons (Fsp3) is 0.652. The van der Waals surface area contributed by atoms with Crippen LogP contribution in [0.25, 0.3) is 0 Å². The first-order valence-corrected chi connectivity index (χ1v) is 10.9. The molecule has 0 aromatic heterocycles. The van der Waals surface area contributed by atoms with Gasteiger partial charge in [0.05, 0.1) is 19.4 Å². The lowest BCUT2D eigenvalue weighted by atomic mass is 9.75. The second-order valence-electron chi connectivity index (χ2n) is 9.38. The zero-order chi connectivity index (χ0) is 20.6. The lowest BCUT2D eigenvalue weighted by Gasteiger charge is -2.43. The number of hydrogen-bond donors (Lipinski definition) is 1. The van der Waals surface area contributed by atoms with Crippen molar-refractivity contribution in [2.45, 2.75) is 38.6 Å². The second kappa shape index (κ2) is 7.98. The average molecular weight is 400 g/mol. The molecule has 0 bridgehead atoms. The van der Waals surface area contributed by atoms with E-state index in [2.05, 4.69) is 24.1 Å². The van der Waals surface area contributed by atoms with Gasteiger partial charge in [0.2, 0.25) is 11.8 Å². The van der Waals surface area contributed by atoms with Gasteiger partial charge in [-0.3, -0.25) is 9.59 Å². The van der Waals surface area contributed by atoms with Gasteiger partial charge < -0.3 is 19.9 Å². The standard InChI is InChI=1S/C23H33N3O3/c1-16(2)13-25-14-19-20(15-25)23(24-22(19)28)8-10-26(11-9-23)21(27)12-17-4-6-18(29-3)7-5-17/h4-7,16,19-20H,8-15H2,1-3H3,(H,24,28)/t19-,20+/m0/s1. The predicted octanol–water partition coefficient (Wildman–Crippen LogP) is 1.93. The lowest BCUT2D eigenvalue weighted by molar-refractivity contribution is -0.132. The summed E-state index contributed by atoms with van der Waals surface area (Å²) >= 11 is 0. The Morgan fingerprint density at radius 3 is 2.52 bits per heavy atom. The number of carbonyl (C=O) groups is 2. The maximum Gasteiger partial charge on any atom is 0.226 e. The van der Waals surface area contributed by atoms with Gasteiger partial charge in [-0.15, -0.1) is 0 Å². The first kappa shape index (κ1) is 20.2. The van der Waals surface area contributed by atoms with Gasteiger partial charge in [-0.25, -0.2) is 0 Å². The van der Waals surface area contributed by atoms with Gasteiger partial charge in [0.15, 0.2) is 0 Å². The number of benzene rings is 1. The average Bonchev–Trinajstić information content (AvgIpc) is 3.22. The van der Waals surface area contributed by atoms with E-state index in [-0.39, 0.29) is 23.3 Å². The Labute approximate surface area is 173 Å². The van der Waals surface area contributed by atoms with Crippen LogP contribution in [0.4, 0.5) is 0 Å². The molecule has 1 aromatic rings. The number of methoxy groups -OCH3 is 1. The van der Waals surface area contributed by atoms with Crippen molar-refractivity contribution in [2.75, 3.05) is 39.8 Å². The highest BCUT2D eigenvalue weighted by atomic mass is 16.5. The predicted molar refractivity (Wildman–Crippen MR) is 112 cm³/mol. The molecule has 1 N–H and O–H groups in total. The van der Waals surface area contributed by atoms with Crippen LogP contribution in [-0.2, 0) is 16.0 Å². The topological polar surface area (TPSA) is 61.9 Å². The minimum absolute atomic E-state index is 0.121. The summed E-state index contributed by atoms with van der Waals surface area (Å²) in [7, 11) is 1.64. The van der Waals surface area contributed by atoms with Crippen molar-refractivity contribution >= 4 is 11.8 Å². The highest BCUT2D eigenvalue weighted by Crippen LogP contribution is 2.44. The summed E-state index contributed by atoms with van der Waals surface area (Å²) in [4.78, 5) is 29.9. The third-order valence-corrected chi connectivity index (χ3v) is 6.96. The number of piperidine rings is 1. The monoisotopic (exact) mass is 399 g/mol. The van der Waals surface area contributed by atoms with Crippen molar-refractivity contribution in [3.8, 4) is 5.75 Å². The number of fused-ring (bicyclic) bond motifs is 2. The van der Waals surface area contributed by atoms with Gasteiger partial charge in [0.25, 0.3) is 0 Å². The van der Waals surface area contributed by atoms with Gasteiger partial charge in [0.1, 0.15) is 5.75 Å². The fourth-order valence-electron chi connectivity index (χ4n) is 5.49. The number of carbonyl (C=O) groups excluding carboxylic acids is 2. The summed E-state index contributed by atoms with van der Waals surface area (Å²) < 4.78 is 5.18. The Bertz CT molecular complexity index is 753. The van der Waals surface area contributed by atoms with Crippen LogP contribution in [0.3, 0.4) is 0 Å². The minimum Gasteiger partial charge on any atom is -0.497 e. The minimum atomic E-state index is -0.121. The zero-order valence-corrected chi connectivity index (χ0v) is 17.8. The molecule has 2 atom stereocenters. The second-order valence-corrected chi connectivity index (χ2v) is 9.38. The molecule has 3 saturated heterocycles. The van der Waals surface area contributed by atoms with Crippen molar-refractivity contribution in [1.82, 2.24) is 15.1 Å². The van der Waals surface area contributed by atoms with Crippen molar-refractivity contribution in [1.29, 1.82) is 0 Å². The molecule has 0 saturated carbocycles. The van der Waals surface area contributed by atoms with Crippen LogP contribution < -0.4 is 10.1 Å². The molecule has 6 heteroatoms. The van der Waals surface area contributed by atoms with Crippen LogP contribution in [0.2, 0.25) is 0 Å². The van der Waals surface area contributed by atoms with Crippen LogP contribution in [0.1, 0.15) is 32.3 Å². The van der Waals surface area contributed by atoms with E-state index < -0.39 is 0 Å². The molecule has 3 heterocycles. The summed E-state index contributed by atoms with van der Waals surface area (Å²) in [5.41, 5.74) is 0.884. The summed E-state index contributed by atoms with van der Waals surface area (Å²) in [6.07, 6.45) is 2.14. The Hall–Kier alpha value is -2.08. The van der Waals surface area contributed by atoms with E-state index in [1.165, 1.54) is 0 Å². The first-order chi connectivity index (χ1) is 13.9. The molecule has 4 rings (SSSR count). The molecule has 6 nitrogen and oxygen atoms in total. The number of rotatable bonds is 5. The molecular formula is C23H33N3O3. The summed E-state index contributed by atoms with van der Waals surface area (Å²) in [5.74, 6) is 2.31. The molecule has 0 aliphatic carbocycles. The molecule has 3 aliphatic heterocycles. The number of nitrogens with zero attached hydrogens (tertiary/aromatic N) is 2. The Kier molecular flexibility index (Phi) is 5.56. The summed E-state index contributed by atoms with van der Waals surface area (Å²) in [5, 5.41) is 3.35. The third kappa shape index (κ3) is 4.00. The van der Waals surface area contributed by atoms with Gasteiger partial charge >= 0.3 is 0 Å². The Balaban J connectivity index is 1.35. The molecule has 1 aromatic carbocycles. The van der Waals surface area contributed by atoms with Crippen LogP contribution in [0, 0.1) is 17.8 Å². The quantitative estimate of drug-likeness (QED) is 0.822. The largest absolute Gasteiger partial charge is 0.497 e. The normalized spacial score (nSPS) is 26.1. The smallest absolute Gasteiger partial charge is 0.226 e. The lowest BCUT2D eigenvalue weighted by Crippen LogP contribution is -2.56. The molecule has 158 valence electrons. The highest BCUT2D eigenvalue weighted by molar-refractivity contribution is 5.84. The fourth-order valence-corrected chi connectivity index (χ4v) is 5.49. The van der Waals surface area contributed by atoms with Crippen molar-refractivity contribution < 1.29 is 14.3 Å². The molecule has 2 amide bonds. The molecule has 3 aliphatic rings. The van der Waals surface area contributed by atoms with Gasteiger partial charge in [-0.1, -0.05) is 26.0 Å². The van der Waals surface area contributed by atoms with E-state index in [9.17, 15) is 9.59 Å². The highest BCUT2D eigenvalue weighted by Gasteiger charge is 2.57. The number of nitrogens with one attached hydrogen (secondary N) is 1. The van der Waals surface area contributed by atoms with Gasteiger partial charge in [-0.2, -0.15) is 0 Å². The molecule has 1 spiro atoms. The Morgan fingerprint density at radius 1 is 1.21 bits per heavy atom. The van der Waals surface area contributed by atoms with Crippen LogP contribution >= 0.6 is 0 Å². The first-order valence-electron chi connectivity index (χ1n) is 10.9. The van der Waals surface area contributed by atoms with Crippen molar-refractivity contribution in [3.63, 3.8) is 0 Å². The molecular weight excluding hydrogens is 366 g/mol. The molecule has 3 fully saturated rings. The van der Waals surface area contributed by atoms with Gasteiger partial charge in [0, 0.05) is 44.2 Å². The summed E-state index contributed by atoms with van der Waals surface area (Å²) in [6.45, 7) is 8.86. The van der Waals surface area contributed by atoms with Crippen LogP contribution in [0.5, 0.6) is 5.75 Å². The SMILES string of the molecule is COc1ccc(CC(=O)N2CCC3(CC2)NC(=O)[C@H]2CN(CC(C)C)C[C@H]23)cc1. The van der Waals surface area contributed by atoms with E-state index >= 15 is 0 Å². The van der Waals surface area contributed by atoms with Crippen molar-refractivity contribution in [2.24, 2.45) is 17.8 Å². The maximum absolute atomic E-state index is 12.8. The third-order valence-electron chi connectivity index (χ3n) is 6.96.